The summed E-state index contributed by atoms with van der Waals surface area (Å²) in [6, 6.07) is 7.39. The predicted octanol–water partition coefficient (Wildman–Crippen LogP) is -7.11. The minimum Gasteiger partial charge on any atom is -1.00 e. The lowest BCUT2D eigenvalue weighted by molar-refractivity contribution is -0.407. The van der Waals surface area contributed by atoms with Crippen LogP contribution in [0, 0.1) is 0 Å². The quantitative estimate of drug-likeness (QED) is 0.534. The summed E-state index contributed by atoms with van der Waals surface area (Å²) >= 11 is 0. The number of ether oxygens (including phenoxy) is 1. The van der Waals surface area contributed by atoms with Crippen molar-refractivity contribution in [2.24, 2.45) is 0 Å². The molecule has 0 aliphatic heterocycles. The molecule has 0 aliphatic carbocycles. The highest BCUT2D eigenvalue weighted by molar-refractivity contribution is 5.74. The predicted molar refractivity (Wildman–Crippen MR) is 51.4 cm³/mol. The first-order chi connectivity index (χ1) is 6.63. The van der Waals surface area contributed by atoms with Gasteiger partial charge in [0.05, 0.1) is 7.11 Å². The van der Waals surface area contributed by atoms with Crippen molar-refractivity contribution in [3.05, 3.63) is 29.8 Å². The van der Waals surface area contributed by atoms with Gasteiger partial charge in [0, 0.05) is 6.42 Å². The first-order valence-electron chi connectivity index (χ1n) is 4.45. The van der Waals surface area contributed by atoms with Crippen LogP contribution in [0.5, 0.6) is 0 Å². The standard InChI is InChI=1S/C10H14N2O2.2ClH/c1-14-10(13)9(12)6-7-2-4-8(11)5-3-7;;/h2-5,9H,6,11-12H2,1H3;2*1H/t9-;;/m1../s1. The molecule has 6 N–H and O–H groups in total. The summed E-state index contributed by atoms with van der Waals surface area (Å²) in [5, 5.41) is 0. The molecule has 0 amide bonds. The Kier molecular flexibility index (Phi) is 9.18. The fraction of sp³-hybridized carbons (Fsp3) is 0.300. The van der Waals surface area contributed by atoms with Gasteiger partial charge in [-0.25, -0.2) is 4.79 Å². The van der Waals surface area contributed by atoms with Crippen LogP contribution >= 0.6 is 0 Å². The van der Waals surface area contributed by atoms with Crippen LogP contribution in [0.25, 0.3) is 0 Å². The van der Waals surface area contributed by atoms with Gasteiger partial charge in [0.2, 0.25) is 0 Å². The molecule has 92 valence electrons. The van der Waals surface area contributed by atoms with Crippen molar-refractivity contribution in [1.82, 2.24) is 0 Å². The number of rotatable bonds is 3. The van der Waals surface area contributed by atoms with Crippen LogP contribution in [0.2, 0.25) is 0 Å². The zero-order valence-electron chi connectivity index (χ0n) is 9.08. The Morgan fingerprint density at radius 3 is 2.25 bits per heavy atom. The van der Waals surface area contributed by atoms with E-state index >= 15 is 0 Å². The summed E-state index contributed by atoms with van der Waals surface area (Å²) < 4.78 is 4.59. The average Bonchev–Trinajstić information content (AvgIpc) is 2.20. The van der Waals surface area contributed by atoms with E-state index in [9.17, 15) is 4.79 Å². The highest BCUT2D eigenvalue weighted by Gasteiger charge is 2.17. The average molecular weight is 267 g/mol. The summed E-state index contributed by atoms with van der Waals surface area (Å²) in [5.41, 5.74) is 9.56. The van der Waals surface area contributed by atoms with E-state index in [1.165, 1.54) is 7.11 Å². The second-order valence-electron chi connectivity index (χ2n) is 3.24. The molecule has 1 aromatic rings. The first kappa shape index (κ1) is 17.6. The third-order valence-electron chi connectivity index (χ3n) is 2.04. The maximum Gasteiger partial charge on any atom is 0.364 e. The zero-order chi connectivity index (χ0) is 10.6. The summed E-state index contributed by atoms with van der Waals surface area (Å²) in [7, 11) is 1.37. The SMILES string of the molecule is COC(=O)[C@H]([NH3+])Cc1ccc([NH3+])cc1.[Cl-].[Cl-]. The number of methoxy groups -OCH3 is 1. The molecule has 1 aromatic carbocycles. The molecule has 1 rings (SSSR count). The summed E-state index contributed by atoms with van der Waals surface area (Å²) in [6.45, 7) is 0. The van der Waals surface area contributed by atoms with Crippen molar-refractivity contribution in [3.63, 3.8) is 0 Å². The lowest BCUT2D eigenvalue weighted by atomic mass is 10.1. The molecular formula is C10H16Cl2N2O2. The minimum absolute atomic E-state index is 0. The molecule has 0 saturated carbocycles. The van der Waals surface area contributed by atoms with Crippen molar-refractivity contribution >= 4 is 11.7 Å². The van der Waals surface area contributed by atoms with E-state index in [1.807, 2.05) is 24.3 Å². The van der Waals surface area contributed by atoms with Crippen molar-refractivity contribution in [2.75, 3.05) is 7.11 Å². The molecule has 0 radical (unpaired) electrons. The summed E-state index contributed by atoms with van der Waals surface area (Å²) in [5.74, 6) is -0.274. The highest BCUT2D eigenvalue weighted by Crippen LogP contribution is 2.05. The summed E-state index contributed by atoms with van der Waals surface area (Å²) in [6.07, 6.45) is 0.604. The third kappa shape index (κ3) is 5.32. The number of hydrogen-bond donors (Lipinski definition) is 2. The first-order valence-corrected chi connectivity index (χ1v) is 4.45. The lowest BCUT2D eigenvalue weighted by Crippen LogP contribution is -3.00. The van der Waals surface area contributed by atoms with E-state index in [1.54, 1.807) is 0 Å². The molecule has 6 heteroatoms. The van der Waals surface area contributed by atoms with Gasteiger partial charge in [-0.05, 0) is 17.7 Å². The van der Waals surface area contributed by atoms with Gasteiger partial charge in [0.25, 0.3) is 0 Å². The number of esters is 1. The maximum atomic E-state index is 11.1. The van der Waals surface area contributed by atoms with Crippen LogP contribution in [-0.2, 0) is 16.0 Å². The Labute approximate surface area is 107 Å². The number of halogens is 2. The van der Waals surface area contributed by atoms with Crippen LogP contribution in [0.4, 0.5) is 5.69 Å². The molecule has 1 atom stereocenters. The molecule has 16 heavy (non-hydrogen) atoms. The van der Waals surface area contributed by atoms with Crippen LogP contribution in [-0.4, -0.2) is 19.1 Å². The lowest BCUT2D eigenvalue weighted by Gasteiger charge is -2.05. The number of carbonyl (C=O) groups excluding carboxylic acids is 1. The van der Waals surface area contributed by atoms with Gasteiger partial charge in [0.15, 0.2) is 6.04 Å². The Bertz CT molecular complexity index is 317. The van der Waals surface area contributed by atoms with E-state index in [4.69, 9.17) is 0 Å². The van der Waals surface area contributed by atoms with Gasteiger partial charge in [0.1, 0.15) is 5.69 Å². The normalized spacial score (nSPS) is 10.7. The van der Waals surface area contributed by atoms with Crippen molar-refractivity contribution < 1.29 is 45.8 Å². The van der Waals surface area contributed by atoms with Crippen molar-refractivity contribution in [3.8, 4) is 0 Å². The number of benzene rings is 1. The van der Waals surface area contributed by atoms with Crippen LogP contribution in [0.15, 0.2) is 24.3 Å². The van der Waals surface area contributed by atoms with Gasteiger partial charge in [-0.1, -0.05) is 12.1 Å². The van der Waals surface area contributed by atoms with E-state index in [0.29, 0.717) is 6.42 Å². The maximum absolute atomic E-state index is 11.1. The molecule has 0 aliphatic rings. The third-order valence-corrected chi connectivity index (χ3v) is 2.04. The highest BCUT2D eigenvalue weighted by atomic mass is 35.5. The van der Waals surface area contributed by atoms with Crippen molar-refractivity contribution in [1.29, 1.82) is 0 Å². The molecule has 0 heterocycles. The van der Waals surface area contributed by atoms with Crippen LogP contribution in [0.3, 0.4) is 0 Å². The molecule has 0 aromatic heterocycles. The molecule has 0 saturated heterocycles. The van der Waals surface area contributed by atoms with Gasteiger partial charge in [-0.2, -0.15) is 0 Å². The molecule has 0 unspecified atom stereocenters. The van der Waals surface area contributed by atoms with Crippen LogP contribution < -0.4 is 36.3 Å². The van der Waals surface area contributed by atoms with Gasteiger partial charge in [-0.15, -0.1) is 0 Å². The number of quaternary nitrogens is 2. The molecular weight excluding hydrogens is 251 g/mol. The fourth-order valence-electron chi connectivity index (χ4n) is 1.21. The largest absolute Gasteiger partial charge is 1.00 e. The zero-order valence-corrected chi connectivity index (χ0v) is 10.6. The molecule has 0 bridgehead atoms. The Hall–Kier alpha value is -0.810. The fourth-order valence-corrected chi connectivity index (χ4v) is 1.21. The Balaban J connectivity index is 0. The summed E-state index contributed by atoms with van der Waals surface area (Å²) in [4.78, 5) is 11.1. The van der Waals surface area contributed by atoms with Crippen LogP contribution in [0.1, 0.15) is 5.56 Å². The topological polar surface area (TPSA) is 81.6 Å². The second kappa shape index (κ2) is 8.35. The Morgan fingerprint density at radius 1 is 1.31 bits per heavy atom. The molecule has 0 fully saturated rings. The van der Waals surface area contributed by atoms with Gasteiger partial charge in [-0.3, -0.25) is 0 Å². The van der Waals surface area contributed by atoms with E-state index in [2.05, 4.69) is 16.2 Å². The molecule has 4 nitrogen and oxygen atoms in total. The number of hydrogen-bond acceptors (Lipinski definition) is 2. The van der Waals surface area contributed by atoms with Gasteiger partial charge < -0.3 is 41.0 Å². The van der Waals surface area contributed by atoms with E-state index < -0.39 is 0 Å². The Morgan fingerprint density at radius 2 is 1.81 bits per heavy atom. The number of carbonyl (C=O) groups is 1. The molecule has 0 spiro atoms. The monoisotopic (exact) mass is 266 g/mol. The van der Waals surface area contributed by atoms with Crippen molar-refractivity contribution in [2.45, 2.75) is 12.5 Å². The van der Waals surface area contributed by atoms with E-state index in [-0.39, 0.29) is 36.8 Å². The minimum atomic E-state index is -0.337. The van der Waals surface area contributed by atoms with E-state index in [0.717, 1.165) is 11.3 Å². The smallest absolute Gasteiger partial charge is 0.364 e. The second-order valence-corrected chi connectivity index (χ2v) is 3.24. The van der Waals surface area contributed by atoms with Gasteiger partial charge >= 0.3 is 5.97 Å².